The Hall–Kier alpha value is -4.29. The summed E-state index contributed by atoms with van der Waals surface area (Å²) in [5.74, 6) is -4.37. The summed E-state index contributed by atoms with van der Waals surface area (Å²) in [6, 6.07) is 4.72. The average molecular weight is 669 g/mol. The number of carbonyl (C=O) groups is 7. The number of ketones is 1. The zero-order chi connectivity index (χ0) is 36.1. The zero-order valence-corrected chi connectivity index (χ0v) is 29.6. The van der Waals surface area contributed by atoms with Crippen LogP contribution in [0.2, 0.25) is 0 Å². The fourth-order valence-corrected chi connectivity index (χ4v) is 6.57. The summed E-state index contributed by atoms with van der Waals surface area (Å²) in [7, 11) is 3.12. The lowest BCUT2D eigenvalue weighted by Gasteiger charge is -2.37. The van der Waals surface area contributed by atoms with Crippen LogP contribution in [0.15, 0.2) is 30.3 Å². The van der Waals surface area contributed by atoms with E-state index in [-0.39, 0.29) is 41.4 Å². The number of Topliss-reactive ketones (excluding diaryl/α,β-unsaturated/α-hetero) is 1. The van der Waals surface area contributed by atoms with Gasteiger partial charge in [0.05, 0.1) is 12.6 Å². The summed E-state index contributed by atoms with van der Waals surface area (Å²) in [5, 5.41) is 10.4. The van der Waals surface area contributed by atoms with Gasteiger partial charge < -0.3 is 31.1 Å². The van der Waals surface area contributed by atoms with Crippen LogP contribution < -0.4 is 21.3 Å². The summed E-state index contributed by atoms with van der Waals surface area (Å²) in [6.07, 6.45) is 1.41. The summed E-state index contributed by atoms with van der Waals surface area (Å²) >= 11 is 0. The topological polar surface area (TPSA) is 174 Å². The molecule has 2 aliphatic rings. The highest BCUT2D eigenvalue weighted by atomic mass is 16.2. The lowest BCUT2D eigenvalue weighted by atomic mass is 9.85. The Labute approximate surface area is 283 Å². The summed E-state index contributed by atoms with van der Waals surface area (Å²) in [6.45, 7) is 12.6. The number of hydrogen-bond acceptors (Lipinski definition) is 7. The van der Waals surface area contributed by atoms with Crippen molar-refractivity contribution >= 4 is 41.2 Å². The van der Waals surface area contributed by atoms with Crippen molar-refractivity contribution in [1.82, 2.24) is 31.1 Å². The molecule has 0 spiro atoms. The molecule has 13 nitrogen and oxygen atoms in total. The van der Waals surface area contributed by atoms with Gasteiger partial charge in [0, 0.05) is 27.6 Å². The third-order valence-corrected chi connectivity index (χ3v) is 9.46. The standard InChI is InChI=1S/C35H52N6O7/c1-10-11-17-23(28(44)31(46)36-18-24(43)39-26(32(47)40(8)9)21-15-13-12-14-16-21)38-30(45)27-25-22(35(25,6)7)19-41(27)33(48)29(34(3,4)5)37-20(2)42/h12-16,22-23,25-27,29H,10-11,17-19H2,1-9H3,(H,36,46)(H,37,42)(H,38,45)(H,39,43)/t22-,23?,25-,26-,27-,29?/m0/s1. The van der Waals surface area contributed by atoms with E-state index in [1.165, 1.54) is 16.7 Å². The number of nitrogens with zero attached hydrogens (tertiary/aromatic N) is 2. The Bertz CT molecular complexity index is 1400. The van der Waals surface area contributed by atoms with Crippen molar-refractivity contribution in [2.24, 2.45) is 22.7 Å². The molecule has 6 amide bonds. The van der Waals surface area contributed by atoms with Gasteiger partial charge in [-0.1, -0.05) is 84.7 Å². The molecule has 264 valence electrons. The SMILES string of the molecule is CCCCC(NC(=O)[C@@H]1[C@@H]2[C@H](CN1C(=O)C(NC(C)=O)C(C)(C)C)C2(C)C)C(=O)C(=O)NCC(=O)N[C@H](C(=O)N(C)C)c1ccccc1. The number of fused-ring (bicyclic) bond motifs is 1. The lowest BCUT2D eigenvalue weighted by molar-refractivity contribution is -0.146. The Morgan fingerprint density at radius 1 is 0.979 bits per heavy atom. The van der Waals surface area contributed by atoms with Crippen molar-refractivity contribution in [2.45, 2.75) is 91.9 Å². The Kier molecular flexibility index (Phi) is 12.2. The van der Waals surface area contributed by atoms with E-state index in [4.69, 9.17) is 0 Å². The first-order valence-corrected chi connectivity index (χ1v) is 16.6. The first-order valence-electron chi connectivity index (χ1n) is 16.6. The largest absolute Gasteiger partial charge is 0.347 e. The number of benzene rings is 1. The smallest absolute Gasteiger partial charge is 0.290 e. The minimum absolute atomic E-state index is 0.0702. The van der Waals surface area contributed by atoms with Gasteiger partial charge in [-0.25, -0.2) is 0 Å². The van der Waals surface area contributed by atoms with Gasteiger partial charge in [0.1, 0.15) is 18.1 Å². The van der Waals surface area contributed by atoms with E-state index in [0.29, 0.717) is 24.9 Å². The molecule has 1 saturated heterocycles. The fourth-order valence-electron chi connectivity index (χ4n) is 6.57. The van der Waals surface area contributed by atoms with Crippen LogP contribution in [0.25, 0.3) is 0 Å². The molecule has 13 heteroatoms. The highest BCUT2D eigenvalue weighted by molar-refractivity contribution is 6.38. The van der Waals surface area contributed by atoms with E-state index < -0.39 is 59.6 Å². The molecule has 2 fully saturated rings. The normalized spacial score (nSPS) is 21.1. The molecule has 4 N–H and O–H groups in total. The van der Waals surface area contributed by atoms with Crippen LogP contribution in [0.5, 0.6) is 0 Å². The predicted octanol–water partition coefficient (Wildman–Crippen LogP) is 1.33. The number of hydrogen-bond donors (Lipinski definition) is 4. The van der Waals surface area contributed by atoms with E-state index in [1.54, 1.807) is 44.4 Å². The molecule has 6 atom stereocenters. The monoisotopic (exact) mass is 668 g/mol. The van der Waals surface area contributed by atoms with Gasteiger partial charge in [-0.2, -0.15) is 0 Å². The summed E-state index contributed by atoms with van der Waals surface area (Å²) in [5.41, 5.74) is -0.277. The highest BCUT2D eigenvalue weighted by Crippen LogP contribution is 2.65. The molecular formula is C35H52N6O7. The first-order chi connectivity index (χ1) is 22.3. The van der Waals surface area contributed by atoms with E-state index in [0.717, 1.165) is 0 Å². The van der Waals surface area contributed by atoms with Crippen molar-refractivity contribution in [2.75, 3.05) is 27.2 Å². The molecule has 48 heavy (non-hydrogen) atoms. The van der Waals surface area contributed by atoms with Crippen LogP contribution in [0, 0.1) is 22.7 Å². The second-order valence-electron chi connectivity index (χ2n) is 14.8. The molecule has 1 saturated carbocycles. The molecule has 0 radical (unpaired) electrons. The van der Waals surface area contributed by atoms with E-state index in [9.17, 15) is 33.6 Å². The van der Waals surface area contributed by atoms with Gasteiger partial charge in [0.2, 0.25) is 35.3 Å². The molecule has 1 aliphatic carbocycles. The predicted molar refractivity (Wildman–Crippen MR) is 179 cm³/mol. The van der Waals surface area contributed by atoms with Crippen molar-refractivity contribution < 1.29 is 33.6 Å². The number of likely N-dealkylation sites (tertiary alicyclic amines) is 1. The second kappa shape index (κ2) is 15.3. The molecule has 1 aliphatic heterocycles. The number of amides is 6. The number of piperidine rings is 1. The van der Waals surface area contributed by atoms with Crippen LogP contribution in [0.3, 0.4) is 0 Å². The zero-order valence-electron chi connectivity index (χ0n) is 29.6. The highest BCUT2D eigenvalue weighted by Gasteiger charge is 2.69. The Balaban J connectivity index is 1.73. The summed E-state index contributed by atoms with van der Waals surface area (Å²) < 4.78 is 0. The maximum absolute atomic E-state index is 13.9. The van der Waals surface area contributed by atoms with Gasteiger partial charge in [0.15, 0.2) is 0 Å². The maximum atomic E-state index is 13.9. The third-order valence-electron chi connectivity index (χ3n) is 9.46. The molecule has 2 unspecified atom stereocenters. The van der Waals surface area contributed by atoms with Crippen molar-refractivity contribution in [3.05, 3.63) is 35.9 Å². The number of nitrogens with one attached hydrogen (secondary N) is 4. The van der Waals surface area contributed by atoms with Crippen LogP contribution in [-0.2, 0) is 33.6 Å². The van der Waals surface area contributed by atoms with Crippen molar-refractivity contribution in [3.8, 4) is 0 Å². The van der Waals surface area contributed by atoms with Crippen LogP contribution in [0.4, 0.5) is 0 Å². The third kappa shape index (κ3) is 8.78. The minimum atomic E-state index is -1.18. The maximum Gasteiger partial charge on any atom is 0.290 e. The second-order valence-corrected chi connectivity index (χ2v) is 14.8. The Morgan fingerprint density at radius 2 is 1.60 bits per heavy atom. The van der Waals surface area contributed by atoms with Gasteiger partial charge in [-0.3, -0.25) is 33.6 Å². The molecule has 3 rings (SSSR count). The van der Waals surface area contributed by atoms with Crippen LogP contribution in [0.1, 0.15) is 79.3 Å². The van der Waals surface area contributed by atoms with E-state index >= 15 is 0 Å². The van der Waals surface area contributed by atoms with Gasteiger partial charge in [0.25, 0.3) is 5.91 Å². The lowest BCUT2D eigenvalue weighted by Crippen LogP contribution is -2.60. The minimum Gasteiger partial charge on any atom is -0.347 e. The molecule has 0 aromatic heterocycles. The molecule has 1 heterocycles. The van der Waals surface area contributed by atoms with E-state index in [2.05, 4.69) is 21.3 Å². The molecule has 0 bridgehead atoms. The van der Waals surface area contributed by atoms with Gasteiger partial charge in [-0.05, 0) is 34.7 Å². The van der Waals surface area contributed by atoms with Gasteiger partial charge in [-0.15, -0.1) is 0 Å². The number of rotatable bonds is 14. The first kappa shape index (κ1) is 38.2. The van der Waals surface area contributed by atoms with Crippen LogP contribution >= 0.6 is 0 Å². The molecule has 1 aromatic carbocycles. The number of unbranched alkanes of at least 4 members (excludes halogenated alkanes) is 1. The van der Waals surface area contributed by atoms with Crippen LogP contribution in [-0.4, -0.2) is 96.3 Å². The quantitative estimate of drug-likeness (QED) is 0.216. The average Bonchev–Trinajstić information content (AvgIpc) is 3.33. The van der Waals surface area contributed by atoms with Crippen molar-refractivity contribution in [1.29, 1.82) is 0 Å². The van der Waals surface area contributed by atoms with Crippen molar-refractivity contribution in [3.63, 3.8) is 0 Å². The molecule has 1 aromatic rings. The fraction of sp³-hybridized carbons (Fsp3) is 0.629. The number of likely N-dealkylation sites (N-methyl/N-ethyl adjacent to an activating group) is 1. The van der Waals surface area contributed by atoms with Gasteiger partial charge >= 0.3 is 0 Å². The molecular weight excluding hydrogens is 616 g/mol. The number of carbonyl (C=O) groups excluding carboxylic acids is 7. The summed E-state index contributed by atoms with van der Waals surface area (Å²) in [4.78, 5) is 94.7. The Morgan fingerprint density at radius 3 is 2.15 bits per heavy atom. The van der Waals surface area contributed by atoms with E-state index in [1.807, 2.05) is 41.5 Å².